The molecule has 0 aromatic heterocycles. The van der Waals surface area contributed by atoms with E-state index in [0.29, 0.717) is 24.0 Å². The molecule has 6 nitrogen and oxygen atoms in total. The number of aromatic hydroxyl groups is 1. The number of methoxy groups -OCH3 is 2. The van der Waals surface area contributed by atoms with Crippen LogP contribution in [0.2, 0.25) is 0 Å². The Hall–Kier alpha value is -1.38. The van der Waals surface area contributed by atoms with Gasteiger partial charge < -0.3 is 24.8 Å². The first kappa shape index (κ1) is 21.7. The highest BCUT2D eigenvalue weighted by atomic mass is 127. The van der Waals surface area contributed by atoms with Crippen LogP contribution in [0.4, 0.5) is 0 Å². The minimum atomic E-state index is 0. The van der Waals surface area contributed by atoms with Crippen LogP contribution in [0.1, 0.15) is 32.3 Å². The van der Waals surface area contributed by atoms with Gasteiger partial charge in [0.2, 0.25) is 5.75 Å². The van der Waals surface area contributed by atoms with Crippen LogP contribution < -0.4 is 14.8 Å². The van der Waals surface area contributed by atoms with E-state index in [-0.39, 0.29) is 29.7 Å². The topological polar surface area (TPSA) is 66.3 Å². The molecule has 25 heavy (non-hydrogen) atoms. The minimum Gasteiger partial charge on any atom is -0.502 e. The molecule has 7 heteroatoms. The smallest absolute Gasteiger partial charge is 0.200 e. The number of phenolic OH excluding ortho intramolecular Hbond substituents is 1. The van der Waals surface area contributed by atoms with E-state index in [1.54, 1.807) is 12.1 Å². The van der Waals surface area contributed by atoms with Gasteiger partial charge >= 0.3 is 0 Å². The predicted molar refractivity (Wildman–Crippen MR) is 111 cm³/mol. The number of hydrogen-bond acceptors (Lipinski definition) is 4. The average molecular weight is 463 g/mol. The molecule has 0 bridgehead atoms. The van der Waals surface area contributed by atoms with Gasteiger partial charge in [0.25, 0.3) is 0 Å². The number of halogens is 1. The van der Waals surface area contributed by atoms with Gasteiger partial charge in [0.05, 0.1) is 20.8 Å². The number of guanidine groups is 1. The summed E-state index contributed by atoms with van der Waals surface area (Å²) >= 11 is 0. The molecule has 0 radical (unpaired) electrons. The quantitative estimate of drug-likeness (QED) is 0.399. The zero-order chi connectivity index (χ0) is 17.5. The van der Waals surface area contributed by atoms with Crippen molar-refractivity contribution in [3.8, 4) is 17.2 Å². The van der Waals surface area contributed by atoms with Gasteiger partial charge in [-0.3, -0.25) is 0 Å². The first-order chi connectivity index (χ1) is 11.6. The van der Waals surface area contributed by atoms with E-state index in [1.807, 2.05) is 0 Å². The van der Waals surface area contributed by atoms with Gasteiger partial charge in [0.15, 0.2) is 17.5 Å². The summed E-state index contributed by atoms with van der Waals surface area (Å²) in [7, 11) is 3.06. The molecular formula is C18H30IN3O3. The van der Waals surface area contributed by atoms with Crippen LogP contribution in [0.15, 0.2) is 17.1 Å². The Morgan fingerprint density at radius 2 is 1.96 bits per heavy atom. The summed E-state index contributed by atoms with van der Waals surface area (Å²) in [6.07, 6.45) is 2.48. The molecule has 0 saturated carbocycles. The maximum atomic E-state index is 10.0. The number of nitrogens with one attached hydrogen (secondary N) is 1. The van der Waals surface area contributed by atoms with Crippen molar-refractivity contribution < 1.29 is 14.6 Å². The van der Waals surface area contributed by atoms with E-state index in [2.05, 4.69) is 24.1 Å². The van der Waals surface area contributed by atoms with Gasteiger partial charge in [-0.15, -0.1) is 24.0 Å². The molecule has 1 fully saturated rings. The van der Waals surface area contributed by atoms with Crippen LogP contribution in [0, 0.1) is 5.92 Å². The van der Waals surface area contributed by atoms with Crippen molar-refractivity contribution in [1.82, 2.24) is 10.2 Å². The lowest BCUT2D eigenvalue weighted by atomic mass is 10.0. The second-order valence-corrected chi connectivity index (χ2v) is 6.21. The third-order valence-corrected chi connectivity index (χ3v) is 4.24. The van der Waals surface area contributed by atoms with E-state index in [9.17, 15) is 5.11 Å². The van der Waals surface area contributed by atoms with Gasteiger partial charge in [-0.05, 0) is 43.4 Å². The van der Waals surface area contributed by atoms with E-state index >= 15 is 0 Å². The first-order valence-corrected chi connectivity index (χ1v) is 8.56. The number of ether oxygens (including phenoxy) is 2. The SMILES string of the molecule is CCNC(=NCc1cc(OC)c(O)c(OC)c1)N1CCCC(C)C1.I. The number of benzene rings is 1. The van der Waals surface area contributed by atoms with Gasteiger partial charge in [-0.2, -0.15) is 0 Å². The van der Waals surface area contributed by atoms with Gasteiger partial charge in [0.1, 0.15) is 0 Å². The highest BCUT2D eigenvalue weighted by Gasteiger charge is 2.19. The average Bonchev–Trinajstić information content (AvgIpc) is 2.59. The normalized spacial score (nSPS) is 17.7. The van der Waals surface area contributed by atoms with Gasteiger partial charge in [-0.25, -0.2) is 4.99 Å². The van der Waals surface area contributed by atoms with E-state index < -0.39 is 0 Å². The molecule has 1 aliphatic heterocycles. The molecule has 1 unspecified atom stereocenters. The monoisotopic (exact) mass is 463 g/mol. The van der Waals surface area contributed by atoms with Gasteiger partial charge in [-0.1, -0.05) is 6.92 Å². The van der Waals surface area contributed by atoms with Crippen molar-refractivity contribution in [2.24, 2.45) is 10.9 Å². The zero-order valence-electron chi connectivity index (χ0n) is 15.5. The molecule has 0 amide bonds. The fourth-order valence-corrected chi connectivity index (χ4v) is 3.01. The van der Waals surface area contributed by atoms with Crippen molar-refractivity contribution in [3.63, 3.8) is 0 Å². The second-order valence-electron chi connectivity index (χ2n) is 6.21. The lowest BCUT2D eigenvalue weighted by molar-refractivity contribution is 0.266. The summed E-state index contributed by atoms with van der Waals surface area (Å²) in [5.74, 6) is 2.45. The molecular weight excluding hydrogens is 433 g/mol. The lowest BCUT2D eigenvalue weighted by Crippen LogP contribution is -2.46. The Balaban J connectivity index is 0.00000312. The molecule has 0 spiro atoms. The van der Waals surface area contributed by atoms with E-state index in [4.69, 9.17) is 14.5 Å². The van der Waals surface area contributed by atoms with E-state index in [0.717, 1.165) is 31.2 Å². The summed E-state index contributed by atoms with van der Waals surface area (Å²) in [5.41, 5.74) is 0.932. The largest absolute Gasteiger partial charge is 0.502 e. The summed E-state index contributed by atoms with van der Waals surface area (Å²) in [6, 6.07) is 3.59. The fourth-order valence-electron chi connectivity index (χ4n) is 3.01. The van der Waals surface area contributed by atoms with Crippen LogP contribution in [-0.4, -0.2) is 49.8 Å². The highest BCUT2D eigenvalue weighted by molar-refractivity contribution is 14.0. The molecule has 2 rings (SSSR count). The van der Waals surface area contributed by atoms with Crippen LogP contribution >= 0.6 is 24.0 Å². The van der Waals surface area contributed by atoms with Gasteiger partial charge in [0, 0.05) is 19.6 Å². The Labute approximate surface area is 167 Å². The van der Waals surface area contributed by atoms with Crippen LogP contribution in [0.3, 0.4) is 0 Å². The number of rotatable bonds is 5. The van der Waals surface area contributed by atoms with E-state index in [1.165, 1.54) is 27.1 Å². The Kier molecular flexibility index (Phi) is 9.16. The number of hydrogen-bond donors (Lipinski definition) is 2. The van der Waals surface area contributed by atoms with Crippen molar-refractivity contribution >= 4 is 29.9 Å². The van der Waals surface area contributed by atoms with Crippen molar-refractivity contribution in [1.29, 1.82) is 0 Å². The molecule has 1 saturated heterocycles. The maximum absolute atomic E-state index is 10.0. The molecule has 0 aliphatic carbocycles. The number of aliphatic imine (C=N–C) groups is 1. The number of nitrogens with zero attached hydrogens (tertiary/aromatic N) is 2. The highest BCUT2D eigenvalue weighted by Crippen LogP contribution is 2.37. The van der Waals surface area contributed by atoms with Crippen molar-refractivity contribution in [2.75, 3.05) is 33.9 Å². The number of likely N-dealkylation sites (tertiary alicyclic amines) is 1. The van der Waals surface area contributed by atoms with Crippen molar-refractivity contribution in [3.05, 3.63) is 17.7 Å². The van der Waals surface area contributed by atoms with Crippen LogP contribution in [0.5, 0.6) is 17.2 Å². The molecule has 142 valence electrons. The minimum absolute atomic E-state index is 0. The van der Waals surface area contributed by atoms with Crippen LogP contribution in [-0.2, 0) is 6.54 Å². The molecule has 2 N–H and O–H groups in total. The van der Waals surface area contributed by atoms with Crippen molar-refractivity contribution in [2.45, 2.75) is 33.2 Å². The zero-order valence-corrected chi connectivity index (χ0v) is 17.9. The Bertz CT molecular complexity index is 556. The summed E-state index contributed by atoms with van der Waals surface area (Å²) < 4.78 is 10.4. The first-order valence-electron chi connectivity index (χ1n) is 8.56. The molecule has 1 heterocycles. The Morgan fingerprint density at radius 1 is 1.32 bits per heavy atom. The predicted octanol–water partition coefficient (Wildman–Crippen LogP) is 3.22. The third kappa shape index (κ3) is 5.83. The number of piperidine rings is 1. The summed E-state index contributed by atoms with van der Waals surface area (Å²) in [4.78, 5) is 7.09. The van der Waals surface area contributed by atoms with Crippen LogP contribution in [0.25, 0.3) is 0 Å². The number of phenols is 1. The fraction of sp³-hybridized carbons (Fsp3) is 0.611. The second kappa shape index (κ2) is 10.6. The molecule has 1 aromatic carbocycles. The summed E-state index contributed by atoms with van der Waals surface area (Å²) in [5, 5.41) is 13.4. The summed E-state index contributed by atoms with van der Waals surface area (Å²) in [6.45, 7) is 7.78. The standard InChI is InChI=1S/C18H29N3O3.HI/c1-5-19-18(21-8-6-7-13(2)12-21)20-11-14-9-15(23-3)17(22)16(10-14)24-4;/h9-10,13,22H,5-8,11-12H2,1-4H3,(H,19,20);1H. The molecule has 1 aromatic rings. The Morgan fingerprint density at radius 3 is 2.48 bits per heavy atom. The third-order valence-electron chi connectivity index (χ3n) is 4.24. The molecule has 1 aliphatic rings. The lowest BCUT2D eigenvalue weighted by Gasteiger charge is -2.33. The maximum Gasteiger partial charge on any atom is 0.200 e. The molecule has 1 atom stereocenters.